The molecular weight excluding hydrogens is 230 g/mol. The predicted molar refractivity (Wildman–Crippen MR) is 75.8 cm³/mol. The first-order valence-electron chi connectivity index (χ1n) is 6.27. The van der Waals surface area contributed by atoms with Crippen LogP contribution in [0.2, 0.25) is 0 Å². The van der Waals surface area contributed by atoms with Crippen molar-refractivity contribution in [3.63, 3.8) is 0 Å². The first-order chi connectivity index (χ1) is 8.33. The van der Waals surface area contributed by atoms with Gasteiger partial charge < -0.3 is 10.2 Å². The summed E-state index contributed by atoms with van der Waals surface area (Å²) in [4.78, 5) is 6.67. The fourth-order valence-corrected chi connectivity index (χ4v) is 3.43. The average molecular weight is 251 g/mol. The quantitative estimate of drug-likeness (QED) is 0.868. The molecule has 1 aromatic heterocycles. The van der Waals surface area contributed by atoms with Gasteiger partial charge in [-0.2, -0.15) is 11.8 Å². The minimum atomic E-state index is 0.671. The van der Waals surface area contributed by atoms with Crippen LogP contribution in [0.25, 0.3) is 0 Å². The molecule has 1 unspecified atom stereocenters. The van der Waals surface area contributed by atoms with Crippen LogP contribution >= 0.6 is 11.8 Å². The molecule has 3 nitrogen and oxygen atoms in total. The summed E-state index contributed by atoms with van der Waals surface area (Å²) in [7, 11) is 2.20. The molecule has 2 heterocycles. The van der Waals surface area contributed by atoms with Crippen molar-refractivity contribution in [1.82, 2.24) is 10.3 Å². The van der Waals surface area contributed by atoms with Gasteiger partial charge in [0.1, 0.15) is 0 Å². The van der Waals surface area contributed by atoms with Crippen molar-refractivity contribution in [3.05, 3.63) is 24.0 Å². The van der Waals surface area contributed by atoms with Gasteiger partial charge in [-0.25, -0.2) is 0 Å². The molecule has 0 amide bonds. The molecule has 1 saturated heterocycles. The molecule has 1 N–H and O–H groups in total. The highest BCUT2D eigenvalue weighted by atomic mass is 32.2. The second-order valence-electron chi connectivity index (χ2n) is 4.41. The SMILES string of the molecule is CCNCc1ccncc1N(C)C1CCSC1. The first-order valence-corrected chi connectivity index (χ1v) is 7.42. The van der Waals surface area contributed by atoms with E-state index in [1.165, 1.54) is 29.2 Å². The number of anilines is 1. The van der Waals surface area contributed by atoms with Crippen LogP contribution in [0.5, 0.6) is 0 Å². The maximum Gasteiger partial charge on any atom is 0.0598 e. The van der Waals surface area contributed by atoms with E-state index in [0.717, 1.165) is 13.1 Å². The highest BCUT2D eigenvalue weighted by Crippen LogP contribution is 2.27. The minimum absolute atomic E-state index is 0.671. The van der Waals surface area contributed by atoms with Crippen LogP contribution in [0.1, 0.15) is 18.9 Å². The third-order valence-electron chi connectivity index (χ3n) is 3.29. The molecule has 0 spiro atoms. The summed E-state index contributed by atoms with van der Waals surface area (Å²) in [5.41, 5.74) is 2.63. The van der Waals surface area contributed by atoms with E-state index in [9.17, 15) is 0 Å². The zero-order chi connectivity index (χ0) is 12.1. The molecule has 0 radical (unpaired) electrons. The van der Waals surface area contributed by atoms with Crippen LogP contribution in [0.3, 0.4) is 0 Å². The van der Waals surface area contributed by atoms with Gasteiger partial charge in [-0.1, -0.05) is 6.92 Å². The van der Waals surface area contributed by atoms with Crippen molar-refractivity contribution >= 4 is 17.4 Å². The van der Waals surface area contributed by atoms with Gasteiger partial charge in [-0.15, -0.1) is 0 Å². The Labute approximate surface area is 108 Å². The van der Waals surface area contributed by atoms with Crippen LogP contribution in [-0.4, -0.2) is 36.1 Å². The number of nitrogens with zero attached hydrogens (tertiary/aromatic N) is 2. The summed E-state index contributed by atoms with van der Waals surface area (Å²) >= 11 is 2.05. The maximum atomic E-state index is 4.27. The number of pyridine rings is 1. The van der Waals surface area contributed by atoms with Crippen molar-refractivity contribution in [2.45, 2.75) is 25.9 Å². The molecule has 1 aliphatic heterocycles. The van der Waals surface area contributed by atoms with Crippen LogP contribution in [0.4, 0.5) is 5.69 Å². The lowest BCUT2D eigenvalue weighted by Gasteiger charge is -2.27. The topological polar surface area (TPSA) is 28.2 Å². The van der Waals surface area contributed by atoms with Gasteiger partial charge >= 0.3 is 0 Å². The Morgan fingerprint density at radius 3 is 3.18 bits per heavy atom. The molecule has 0 aromatic carbocycles. The van der Waals surface area contributed by atoms with Gasteiger partial charge in [-0.05, 0) is 30.3 Å². The van der Waals surface area contributed by atoms with Crippen molar-refractivity contribution in [2.75, 3.05) is 30.0 Å². The van der Waals surface area contributed by atoms with Crippen LogP contribution < -0.4 is 10.2 Å². The number of hydrogen-bond donors (Lipinski definition) is 1. The van der Waals surface area contributed by atoms with E-state index < -0.39 is 0 Å². The molecule has 2 rings (SSSR count). The Bertz CT molecular complexity index is 350. The van der Waals surface area contributed by atoms with Crippen LogP contribution in [0, 0.1) is 0 Å². The highest BCUT2D eigenvalue weighted by molar-refractivity contribution is 7.99. The van der Waals surface area contributed by atoms with E-state index in [-0.39, 0.29) is 0 Å². The lowest BCUT2D eigenvalue weighted by atomic mass is 10.1. The number of aromatic nitrogens is 1. The largest absolute Gasteiger partial charge is 0.369 e. The van der Waals surface area contributed by atoms with Gasteiger partial charge in [0.15, 0.2) is 0 Å². The van der Waals surface area contributed by atoms with Gasteiger partial charge in [0, 0.05) is 31.6 Å². The van der Waals surface area contributed by atoms with E-state index in [0.29, 0.717) is 6.04 Å². The second kappa shape index (κ2) is 6.26. The maximum absolute atomic E-state index is 4.27. The molecule has 1 atom stereocenters. The third kappa shape index (κ3) is 3.13. The number of nitrogens with one attached hydrogen (secondary N) is 1. The molecule has 0 aliphatic carbocycles. The zero-order valence-corrected chi connectivity index (χ0v) is 11.5. The smallest absolute Gasteiger partial charge is 0.0598 e. The standard InChI is InChI=1S/C13H21N3S/c1-3-14-8-11-4-6-15-9-13(11)16(2)12-5-7-17-10-12/h4,6,9,12,14H,3,5,7-8,10H2,1-2H3. The Morgan fingerprint density at radius 2 is 2.47 bits per heavy atom. The fourth-order valence-electron chi connectivity index (χ4n) is 2.17. The molecule has 17 heavy (non-hydrogen) atoms. The molecule has 94 valence electrons. The normalized spacial score (nSPS) is 19.5. The Kier molecular flexibility index (Phi) is 4.68. The van der Waals surface area contributed by atoms with Gasteiger partial charge in [0.05, 0.1) is 11.9 Å². The predicted octanol–water partition coefficient (Wildman–Crippen LogP) is 2.13. The van der Waals surface area contributed by atoms with E-state index in [4.69, 9.17) is 0 Å². The number of hydrogen-bond acceptors (Lipinski definition) is 4. The monoisotopic (exact) mass is 251 g/mol. The Balaban J connectivity index is 2.12. The molecule has 0 saturated carbocycles. The lowest BCUT2D eigenvalue weighted by molar-refractivity contribution is 0.682. The summed E-state index contributed by atoms with van der Waals surface area (Å²) in [5, 5.41) is 3.39. The summed E-state index contributed by atoms with van der Waals surface area (Å²) in [6.45, 7) is 4.07. The molecule has 1 aromatic rings. The number of thioether (sulfide) groups is 1. The molecule has 1 aliphatic rings. The van der Waals surface area contributed by atoms with Crippen molar-refractivity contribution in [1.29, 1.82) is 0 Å². The van der Waals surface area contributed by atoms with E-state index in [1.54, 1.807) is 0 Å². The van der Waals surface area contributed by atoms with Crippen molar-refractivity contribution < 1.29 is 0 Å². The van der Waals surface area contributed by atoms with Crippen LogP contribution in [-0.2, 0) is 6.54 Å². The van der Waals surface area contributed by atoms with Gasteiger partial charge in [-0.3, -0.25) is 4.98 Å². The van der Waals surface area contributed by atoms with Gasteiger partial charge in [0.2, 0.25) is 0 Å². The zero-order valence-electron chi connectivity index (χ0n) is 10.6. The Morgan fingerprint density at radius 1 is 1.59 bits per heavy atom. The molecule has 1 fully saturated rings. The average Bonchev–Trinajstić information content (AvgIpc) is 2.89. The highest BCUT2D eigenvalue weighted by Gasteiger charge is 2.21. The molecule has 0 bridgehead atoms. The molecule has 4 heteroatoms. The van der Waals surface area contributed by atoms with Gasteiger partial charge in [0.25, 0.3) is 0 Å². The molecular formula is C13H21N3S. The first kappa shape index (κ1) is 12.7. The van der Waals surface area contributed by atoms with Crippen molar-refractivity contribution in [3.8, 4) is 0 Å². The summed E-state index contributed by atoms with van der Waals surface area (Å²) in [5.74, 6) is 2.53. The van der Waals surface area contributed by atoms with E-state index in [1.807, 2.05) is 12.4 Å². The van der Waals surface area contributed by atoms with E-state index >= 15 is 0 Å². The van der Waals surface area contributed by atoms with Crippen molar-refractivity contribution in [2.24, 2.45) is 0 Å². The van der Waals surface area contributed by atoms with E-state index in [2.05, 4.69) is 47.0 Å². The Hall–Kier alpha value is -0.740. The second-order valence-corrected chi connectivity index (χ2v) is 5.56. The number of rotatable bonds is 5. The minimum Gasteiger partial charge on any atom is -0.369 e. The third-order valence-corrected chi connectivity index (χ3v) is 4.43. The summed E-state index contributed by atoms with van der Waals surface area (Å²) in [6.07, 6.45) is 5.17. The summed E-state index contributed by atoms with van der Waals surface area (Å²) in [6, 6.07) is 2.79. The fraction of sp³-hybridized carbons (Fsp3) is 0.615. The summed E-state index contributed by atoms with van der Waals surface area (Å²) < 4.78 is 0. The lowest BCUT2D eigenvalue weighted by Crippen LogP contribution is -2.32. The van der Waals surface area contributed by atoms with Crippen LogP contribution in [0.15, 0.2) is 18.5 Å².